The van der Waals surface area contributed by atoms with E-state index in [0.717, 1.165) is 56.7 Å². The van der Waals surface area contributed by atoms with E-state index in [9.17, 15) is 0 Å². The Labute approximate surface area is 118 Å². The van der Waals surface area contributed by atoms with Crippen molar-refractivity contribution in [3.8, 4) is 0 Å². The van der Waals surface area contributed by atoms with Gasteiger partial charge in [0.1, 0.15) is 11.3 Å². The lowest BCUT2D eigenvalue weighted by atomic mass is 9.97. The number of pyridine rings is 1. The number of piperidine rings is 1. The predicted octanol–water partition coefficient (Wildman–Crippen LogP) is 1.86. The molecule has 0 aromatic carbocycles. The van der Waals surface area contributed by atoms with Crippen molar-refractivity contribution in [3.63, 3.8) is 0 Å². The largest absolute Gasteiger partial charge is 0.379 e. The van der Waals surface area contributed by atoms with Gasteiger partial charge in [-0.15, -0.1) is 0 Å². The molecule has 2 fully saturated rings. The van der Waals surface area contributed by atoms with Crippen LogP contribution in [0.3, 0.4) is 0 Å². The molecule has 2 aromatic rings. The summed E-state index contributed by atoms with van der Waals surface area (Å²) in [7, 11) is 0. The minimum Gasteiger partial charge on any atom is -0.379 e. The Kier molecular flexibility index (Phi) is 3.16. The number of rotatable bonds is 2. The highest BCUT2D eigenvalue weighted by Crippen LogP contribution is 2.32. The van der Waals surface area contributed by atoms with E-state index >= 15 is 0 Å². The Balaban J connectivity index is 1.82. The smallest absolute Gasteiger partial charge is 0.160 e. The van der Waals surface area contributed by atoms with Gasteiger partial charge in [-0.3, -0.25) is 0 Å². The van der Waals surface area contributed by atoms with Crippen molar-refractivity contribution in [1.82, 2.24) is 19.9 Å². The van der Waals surface area contributed by atoms with Gasteiger partial charge in [0.15, 0.2) is 5.65 Å². The van der Waals surface area contributed by atoms with Crippen molar-refractivity contribution in [2.45, 2.75) is 31.2 Å². The number of imidazole rings is 1. The average Bonchev–Trinajstić information content (AvgIpc) is 3.14. The highest BCUT2D eigenvalue weighted by atomic mass is 16.5. The Bertz CT molecular complexity index is 597. The Morgan fingerprint density at radius 1 is 1.25 bits per heavy atom. The van der Waals surface area contributed by atoms with E-state index in [1.807, 2.05) is 12.3 Å². The van der Waals surface area contributed by atoms with Gasteiger partial charge in [0.25, 0.3) is 0 Å². The van der Waals surface area contributed by atoms with E-state index in [1.54, 1.807) is 0 Å². The third-order valence-corrected chi connectivity index (χ3v) is 4.45. The van der Waals surface area contributed by atoms with Gasteiger partial charge < -0.3 is 14.6 Å². The molecule has 5 nitrogen and oxygen atoms in total. The first-order chi connectivity index (χ1) is 9.93. The fraction of sp³-hybridized carbons (Fsp3) is 0.600. The maximum Gasteiger partial charge on any atom is 0.160 e. The maximum absolute atomic E-state index is 5.58. The molecule has 1 atom stereocenters. The third-order valence-electron chi connectivity index (χ3n) is 4.45. The molecule has 5 heteroatoms. The van der Waals surface area contributed by atoms with Crippen LogP contribution in [-0.4, -0.2) is 40.8 Å². The Hall–Kier alpha value is -1.46. The minimum atomic E-state index is 0.403. The third kappa shape index (κ3) is 2.01. The highest BCUT2D eigenvalue weighted by Gasteiger charge is 2.28. The summed E-state index contributed by atoms with van der Waals surface area (Å²) >= 11 is 0. The van der Waals surface area contributed by atoms with Crippen LogP contribution in [0.5, 0.6) is 0 Å². The van der Waals surface area contributed by atoms with Gasteiger partial charge in [0.05, 0.1) is 12.6 Å². The zero-order valence-corrected chi connectivity index (χ0v) is 11.6. The van der Waals surface area contributed by atoms with Crippen molar-refractivity contribution in [1.29, 1.82) is 0 Å². The number of nitrogens with one attached hydrogen (secondary N) is 1. The van der Waals surface area contributed by atoms with Crippen LogP contribution in [0.25, 0.3) is 11.2 Å². The van der Waals surface area contributed by atoms with Crippen LogP contribution in [0.1, 0.15) is 37.0 Å². The molecule has 2 aliphatic heterocycles. The zero-order chi connectivity index (χ0) is 13.4. The van der Waals surface area contributed by atoms with E-state index < -0.39 is 0 Å². The van der Waals surface area contributed by atoms with E-state index in [0.29, 0.717) is 12.0 Å². The molecule has 106 valence electrons. The first kappa shape index (κ1) is 12.3. The molecule has 20 heavy (non-hydrogen) atoms. The van der Waals surface area contributed by atoms with Gasteiger partial charge in [0, 0.05) is 18.7 Å². The quantitative estimate of drug-likeness (QED) is 0.906. The second-order valence-corrected chi connectivity index (χ2v) is 5.73. The van der Waals surface area contributed by atoms with E-state index in [-0.39, 0.29) is 0 Å². The molecule has 0 aliphatic carbocycles. The number of ether oxygens (including phenoxy) is 1. The van der Waals surface area contributed by atoms with Crippen molar-refractivity contribution in [2.75, 3.05) is 26.3 Å². The van der Waals surface area contributed by atoms with Crippen molar-refractivity contribution in [3.05, 3.63) is 24.2 Å². The second-order valence-electron chi connectivity index (χ2n) is 5.73. The average molecular weight is 272 g/mol. The molecule has 0 bridgehead atoms. The molecule has 4 rings (SSSR count). The van der Waals surface area contributed by atoms with Gasteiger partial charge in [0.2, 0.25) is 0 Å². The minimum absolute atomic E-state index is 0.403. The highest BCUT2D eigenvalue weighted by molar-refractivity contribution is 5.71. The first-order valence-corrected chi connectivity index (χ1v) is 7.55. The van der Waals surface area contributed by atoms with Crippen molar-refractivity contribution < 1.29 is 4.74 Å². The molecule has 2 saturated heterocycles. The summed E-state index contributed by atoms with van der Waals surface area (Å²) < 4.78 is 7.94. The molecule has 0 saturated carbocycles. The fourth-order valence-electron chi connectivity index (χ4n) is 3.40. The number of fused-ring (bicyclic) bond motifs is 1. The molecule has 2 aromatic heterocycles. The molecule has 2 aliphatic rings. The van der Waals surface area contributed by atoms with Crippen LogP contribution >= 0.6 is 0 Å². The summed E-state index contributed by atoms with van der Waals surface area (Å²) in [6.07, 6.45) is 5.26. The molecular weight excluding hydrogens is 252 g/mol. The Morgan fingerprint density at radius 2 is 2.15 bits per heavy atom. The summed E-state index contributed by atoms with van der Waals surface area (Å²) in [5, 5.41) is 3.43. The van der Waals surface area contributed by atoms with Gasteiger partial charge in [-0.1, -0.05) is 0 Å². The lowest BCUT2D eigenvalue weighted by molar-refractivity contribution is 0.186. The van der Waals surface area contributed by atoms with E-state index in [4.69, 9.17) is 9.72 Å². The van der Waals surface area contributed by atoms with Crippen LogP contribution in [0, 0.1) is 0 Å². The SMILES string of the molecule is c1cnc2c(c1)nc(C1CCNCC1)n2C1CCOC1. The summed E-state index contributed by atoms with van der Waals surface area (Å²) in [6, 6.07) is 4.44. The zero-order valence-electron chi connectivity index (χ0n) is 11.6. The molecule has 1 N–H and O–H groups in total. The van der Waals surface area contributed by atoms with Gasteiger partial charge in [-0.25, -0.2) is 9.97 Å². The van der Waals surface area contributed by atoms with Crippen LogP contribution in [-0.2, 0) is 4.74 Å². The molecule has 4 heterocycles. The number of nitrogens with zero attached hydrogens (tertiary/aromatic N) is 3. The normalized spacial score (nSPS) is 24.5. The van der Waals surface area contributed by atoms with Gasteiger partial charge in [-0.05, 0) is 44.5 Å². The standard InChI is InChI=1S/C15H20N4O/c1-2-13-15(17-6-1)19(12-5-9-20-10-12)14(18-13)11-3-7-16-8-4-11/h1-2,6,11-12,16H,3-5,7-10H2. The molecule has 0 radical (unpaired) electrons. The fourth-order valence-corrected chi connectivity index (χ4v) is 3.40. The lowest BCUT2D eigenvalue weighted by Crippen LogP contribution is -2.28. The monoisotopic (exact) mass is 272 g/mol. The second kappa shape index (κ2) is 5.14. The summed E-state index contributed by atoms with van der Waals surface area (Å²) in [6.45, 7) is 3.81. The number of hydrogen-bond acceptors (Lipinski definition) is 4. The molecule has 0 amide bonds. The first-order valence-electron chi connectivity index (χ1n) is 7.55. The molecule has 0 spiro atoms. The summed E-state index contributed by atoms with van der Waals surface area (Å²) in [5.74, 6) is 1.77. The van der Waals surface area contributed by atoms with Crippen molar-refractivity contribution in [2.24, 2.45) is 0 Å². The van der Waals surface area contributed by atoms with Crippen LogP contribution < -0.4 is 5.32 Å². The van der Waals surface area contributed by atoms with Crippen LogP contribution in [0.4, 0.5) is 0 Å². The molecular formula is C15H20N4O. The Morgan fingerprint density at radius 3 is 2.95 bits per heavy atom. The topological polar surface area (TPSA) is 52.0 Å². The summed E-state index contributed by atoms with van der Waals surface area (Å²) in [4.78, 5) is 9.47. The van der Waals surface area contributed by atoms with Crippen LogP contribution in [0.15, 0.2) is 18.3 Å². The maximum atomic E-state index is 5.58. The predicted molar refractivity (Wildman–Crippen MR) is 76.8 cm³/mol. The molecule has 1 unspecified atom stereocenters. The van der Waals surface area contributed by atoms with E-state index in [1.165, 1.54) is 5.82 Å². The number of hydrogen-bond donors (Lipinski definition) is 1. The summed E-state index contributed by atoms with van der Waals surface area (Å²) in [5.41, 5.74) is 2.05. The van der Waals surface area contributed by atoms with Gasteiger partial charge in [-0.2, -0.15) is 0 Å². The van der Waals surface area contributed by atoms with E-state index in [2.05, 4.69) is 20.9 Å². The number of aromatic nitrogens is 3. The van der Waals surface area contributed by atoms with Crippen LogP contribution in [0.2, 0.25) is 0 Å². The van der Waals surface area contributed by atoms with Gasteiger partial charge >= 0.3 is 0 Å². The van der Waals surface area contributed by atoms with Crippen molar-refractivity contribution >= 4 is 11.2 Å². The lowest BCUT2D eigenvalue weighted by Gasteiger charge is -2.24.